The second kappa shape index (κ2) is 31.4. The molecule has 11 unspecified atom stereocenters. The smallest absolute Gasteiger partial charge is 0.306 e. The molecule has 0 aliphatic carbocycles. The van der Waals surface area contributed by atoms with Gasteiger partial charge in [-0.3, -0.25) is 4.79 Å². The zero-order valence-corrected chi connectivity index (χ0v) is 34.1. The first kappa shape index (κ1) is 50.6. The number of unbranched alkanes of at least 4 members (excludes halogenated alkanes) is 14. The Hall–Kier alpha value is -1.53. The molecule has 2 aliphatic heterocycles. The summed E-state index contributed by atoms with van der Waals surface area (Å²) in [6.07, 6.45) is 13.0. The fourth-order valence-corrected chi connectivity index (χ4v) is 6.61. The lowest BCUT2D eigenvalue weighted by Crippen LogP contribution is -2.61. The minimum atomic E-state index is -1.70. The number of aliphatic hydroxyl groups is 7. The molecule has 7 N–H and O–H groups in total. The Labute approximate surface area is 335 Å². The average Bonchev–Trinajstić information content (AvgIpc) is 3.19. The Kier molecular flexibility index (Phi) is 28.4. The monoisotopic (exact) mass is 805 g/mol. The highest BCUT2D eigenvalue weighted by atomic mass is 16.7. The van der Waals surface area contributed by atoms with Gasteiger partial charge in [0.05, 0.1) is 26.4 Å². The molecule has 0 aromatic heterocycles. The van der Waals surface area contributed by atoms with E-state index in [4.69, 9.17) is 28.4 Å². The summed E-state index contributed by atoms with van der Waals surface area (Å²) in [5.41, 5.74) is 0. The SMILES string of the molecule is CCCCCC/C=C\C/C=C\CCCCCCCCOCC(COC1OC(COC2OC(CO)C(O)C(O)C2O)C(O)C(O)C1O)OC(=O)CCCCCCC. The Morgan fingerprint density at radius 3 is 1.73 bits per heavy atom. The third kappa shape index (κ3) is 20.4. The zero-order chi connectivity index (χ0) is 41.0. The second-order valence-electron chi connectivity index (χ2n) is 15.2. The van der Waals surface area contributed by atoms with E-state index in [2.05, 4.69) is 38.2 Å². The molecule has 2 fully saturated rings. The quantitative estimate of drug-likeness (QED) is 0.0290. The van der Waals surface area contributed by atoms with Crippen molar-refractivity contribution in [2.75, 3.05) is 33.0 Å². The van der Waals surface area contributed by atoms with Crippen LogP contribution < -0.4 is 0 Å². The number of hydrogen-bond acceptors (Lipinski definition) is 14. The number of carbonyl (C=O) groups excluding carboxylic acids is 1. The molecule has 2 heterocycles. The third-order valence-corrected chi connectivity index (χ3v) is 10.2. The molecule has 0 amide bonds. The molecule has 0 bridgehead atoms. The van der Waals surface area contributed by atoms with Gasteiger partial charge in [-0.15, -0.1) is 0 Å². The molecular weight excluding hydrogens is 728 g/mol. The predicted molar refractivity (Wildman–Crippen MR) is 210 cm³/mol. The number of esters is 1. The van der Waals surface area contributed by atoms with E-state index in [1.165, 1.54) is 44.9 Å². The minimum Gasteiger partial charge on any atom is -0.457 e. The van der Waals surface area contributed by atoms with Crippen LogP contribution in [0.3, 0.4) is 0 Å². The molecule has 2 aliphatic rings. The third-order valence-electron chi connectivity index (χ3n) is 10.2. The van der Waals surface area contributed by atoms with E-state index in [9.17, 15) is 40.5 Å². The molecule has 11 atom stereocenters. The van der Waals surface area contributed by atoms with Crippen LogP contribution in [0.25, 0.3) is 0 Å². The Balaban J connectivity index is 1.76. The standard InChI is InChI=1S/C42H76O14/c1-3-5-7-9-10-11-12-13-14-15-16-17-18-19-20-22-24-26-51-28-31(54-34(44)25-23-21-8-6-4-2)29-52-41-40(50)38(48)36(46)33(56-41)30-53-42-39(49)37(47)35(45)32(27-43)55-42/h11-12,14-15,31-33,35-43,45-50H,3-10,13,16-30H2,1-2H3/b12-11-,15-14-. The number of allylic oxidation sites excluding steroid dienone is 4. The maximum atomic E-state index is 12.7. The fraction of sp³-hybridized carbons (Fsp3) is 0.881. The van der Waals surface area contributed by atoms with E-state index >= 15 is 0 Å². The normalized spacial score (nSPS) is 29.0. The first-order valence-corrected chi connectivity index (χ1v) is 21.4. The number of hydrogen-bond donors (Lipinski definition) is 7. The van der Waals surface area contributed by atoms with Gasteiger partial charge in [-0.25, -0.2) is 0 Å². The van der Waals surface area contributed by atoms with Crippen LogP contribution in [0.4, 0.5) is 0 Å². The molecular formula is C42H76O14. The lowest BCUT2D eigenvalue weighted by Gasteiger charge is -2.42. The highest BCUT2D eigenvalue weighted by Gasteiger charge is 2.47. The van der Waals surface area contributed by atoms with Gasteiger partial charge in [-0.2, -0.15) is 0 Å². The number of rotatable bonds is 32. The van der Waals surface area contributed by atoms with Crippen molar-refractivity contribution in [2.24, 2.45) is 0 Å². The van der Waals surface area contributed by atoms with Crippen molar-refractivity contribution in [3.63, 3.8) is 0 Å². The summed E-state index contributed by atoms with van der Waals surface area (Å²) in [5.74, 6) is -0.394. The minimum absolute atomic E-state index is 0.0552. The van der Waals surface area contributed by atoms with Crippen LogP contribution in [0.15, 0.2) is 24.3 Å². The van der Waals surface area contributed by atoms with Gasteiger partial charge in [0.1, 0.15) is 54.9 Å². The van der Waals surface area contributed by atoms with Crippen molar-refractivity contribution < 1.29 is 69.0 Å². The number of carbonyl (C=O) groups is 1. The van der Waals surface area contributed by atoms with Gasteiger partial charge in [0.15, 0.2) is 12.6 Å². The summed E-state index contributed by atoms with van der Waals surface area (Å²) in [7, 11) is 0. The summed E-state index contributed by atoms with van der Waals surface area (Å²) >= 11 is 0. The van der Waals surface area contributed by atoms with Gasteiger partial charge in [0.2, 0.25) is 0 Å². The summed E-state index contributed by atoms with van der Waals surface area (Å²) < 4.78 is 33.9. The summed E-state index contributed by atoms with van der Waals surface area (Å²) in [4.78, 5) is 12.7. The van der Waals surface area contributed by atoms with Gasteiger partial charge in [0.25, 0.3) is 0 Å². The van der Waals surface area contributed by atoms with Crippen LogP contribution in [0.2, 0.25) is 0 Å². The van der Waals surface area contributed by atoms with E-state index in [1.54, 1.807) is 0 Å². The predicted octanol–water partition coefficient (Wildman–Crippen LogP) is 4.12. The molecule has 2 saturated heterocycles. The van der Waals surface area contributed by atoms with Gasteiger partial charge in [0, 0.05) is 13.0 Å². The highest BCUT2D eigenvalue weighted by molar-refractivity contribution is 5.69. The Morgan fingerprint density at radius 2 is 1.11 bits per heavy atom. The largest absolute Gasteiger partial charge is 0.457 e. The van der Waals surface area contributed by atoms with Gasteiger partial charge in [-0.1, -0.05) is 109 Å². The molecule has 14 heteroatoms. The Morgan fingerprint density at radius 1 is 0.589 bits per heavy atom. The molecule has 0 saturated carbocycles. The summed E-state index contributed by atoms with van der Waals surface area (Å²) in [6, 6.07) is 0. The van der Waals surface area contributed by atoms with Crippen molar-refractivity contribution in [3.05, 3.63) is 24.3 Å². The number of aliphatic hydroxyl groups excluding tert-OH is 7. The van der Waals surface area contributed by atoms with Crippen LogP contribution in [-0.2, 0) is 33.2 Å². The fourth-order valence-electron chi connectivity index (χ4n) is 6.61. The van der Waals surface area contributed by atoms with E-state index in [0.717, 1.165) is 64.2 Å². The van der Waals surface area contributed by atoms with Gasteiger partial charge >= 0.3 is 5.97 Å². The van der Waals surface area contributed by atoms with Crippen LogP contribution in [-0.4, -0.2) is 142 Å². The molecule has 328 valence electrons. The van der Waals surface area contributed by atoms with Crippen molar-refractivity contribution >= 4 is 5.97 Å². The molecule has 0 aromatic carbocycles. The van der Waals surface area contributed by atoms with E-state index in [-0.39, 0.29) is 19.6 Å². The van der Waals surface area contributed by atoms with Gasteiger partial charge < -0.3 is 64.2 Å². The number of ether oxygens (including phenoxy) is 6. The first-order valence-electron chi connectivity index (χ1n) is 21.4. The van der Waals surface area contributed by atoms with Crippen LogP contribution in [0.1, 0.15) is 136 Å². The Bertz CT molecular complexity index is 1030. The molecule has 0 aromatic rings. The van der Waals surface area contributed by atoms with Gasteiger partial charge in [-0.05, 0) is 44.9 Å². The molecule has 0 spiro atoms. The van der Waals surface area contributed by atoms with Crippen molar-refractivity contribution in [1.82, 2.24) is 0 Å². The molecule has 0 radical (unpaired) electrons. The zero-order valence-electron chi connectivity index (χ0n) is 34.1. The van der Waals surface area contributed by atoms with Crippen molar-refractivity contribution in [3.8, 4) is 0 Å². The van der Waals surface area contributed by atoms with Crippen molar-refractivity contribution in [2.45, 2.75) is 203 Å². The molecule has 14 nitrogen and oxygen atoms in total. The highest BCUT2D eigenvalue weighted by Crippen LogP contribution is 2.26. The van der Waals surface area contributed by atoms with Crippen molar-refractivity contribution in [1.29, 1.82) is 0 Å². The van der Waals surface area contributed by atoms with E-state index in [1.807, 2.05) is 0 Å². The lowest BCUT2D eigenvalue weighted by atomic mass is 9.98. The molecule has 56 heavy (non-hydrogen) atoms. The van der Waals surface area contributed by atoms with E-state index < -0.39 is 86.7 Å². The van der Waals surface area contributed by atoms with Crippen LogP contribution >= 0.6 is 0 Å². The molecule has 2 rings (SSSR count). The first-order chi connectivity index (χ1) is 27.1. The van der Waals surface area contributed by atoms with Crippen LogP contribution in [0.5, 0.6) is 0 Å². The summed E-state index contributed by atoms with van der Waals surface area (Å²) in [6.45, 7) is 3.52. The van der Waals surface area contributed by atoms with Crippen LogP contribution in [0, 0.1) is 0 Å². The maximum Gasteiger partial charge on any atom is 0.306 e. The average molecular weight is 805 g/mol. The summed E-state index contributed by atoms with van der Waals surface area (Å²) in [5, 5.41) is 71.6. The topological polar surface area (TPSA) is 214 Å². The lowest BCUT2D eigenvalue weighted by molar-refractivity contribution is -0.332. The maximum absolute atomic E-state index is 12.7. The second-order valence-corrected chi connectivity index (χ2v) is 15.2. The van der Waals surface area contributed by atoms with E-state index in [0.29, 0.717) is 13.0 Å².